The highest BCUT2D eigenvalue weighted by Crippen LogP contribution is 2.16. The second-order valence-corrected chi connectivity index (χ2v) is 4.50. The molecule has 0 aliphatic carbocycles. The standard InChI is InChI=1S/C14H19N2O/c15-14(17)13-8-4-5-10-16(13)11-9-12-6-2-1-3-7-12/h1-4,6-7,13H,5,8-11H2,(H2,15,17). The minimum atomic E-state index is -0.200. The third-order valence-corrected chi connectivity index (χ3v) is 3.31. The number of benzene rings is 1. The number of nitrogens with zero attached hydrogens (tertiary/aromatic N) is 1. The third-order valence-electron chi connectivity index (χ3n) is 3.31. The number of piperidine rings is 1. The van der Waals surface area contributed by atoms with Crippen molar-refractivity contribution in [3.05, 3.63) is 42.3 Å². The predicted molar refractivity (Wildman–Crippen MR) is 68.2 cm³/mol. The molecule has 91 valence electrons. The van der Waals surface area contributed by atoms with Gasteiger partial charge in [0, 0.05) is 6.54 Å². The lowest BCUT2D eigenvalue weighted by molar-refractivity contribution is -0.123. The highest BCUT2D eigenvalue weighted by Gasteiger charge is 2.26. The van der Waals surface area contributed by atoms with Crippen LogP contribution >= 0.6 is 0 Å². The minimum absolute atomic E-state index is 0.104. The molecule has 1 saturated heterocycles. The first-order valence-corrected chi connectivity index (χ1v) is 6.16. The molecule has 1 radical (unpaired) electrons. The molecule has 0 spiro atoms. The number of amides is 1. The van der Waals surface area contributed by atoms with Gasteiger partial charge in [-0.05, 0) is 37.8 Å². The van der Waals surface area contributed by atoms with Gasteiger partial charge in [-0.1, -0.05) is 30.3 Å². The van der Waals surface area contributed by atoms with E-state index in [1.165, 1.54) is 5.56 Å². The lowest BCUT2D eigenvalue weighted by Crippen LogP contribution is -2.48. The van der Waals surface area contributed by atoms with Gasteiger partial charge in [-0.3, -0.25) is 9.69 Å². The van der Waals surface area contributed by atoms with Crippen molar-refractivity contribution in [1.29, 1.82) is 0 Å². The number of carbonyl (C=O) groups excluding carboxylic acids is 1. The zero-order valence-corrected chi connectivity index (χ0v) is 10.0. The molecule has 1 aromatic rings. The van der Waals surface area contributed by atoms with E-state index in [4.69, 9.17) is 5.73 Å². The Bertz CT molecular complexity index is 364. The smallest absolute Gasteiger partial charge is 0.234 e. The van der Waals surface area contributed by atoms with Crippen LogP contribution in [0.15, 0.2) is 30.3 Å². The van der Waals surface area contributed by atoms with E-state index in [9.17, 15) is 4.79 Å². The average molecular weight is 231 g/mol. The molecule has 1 unspecified atom stereocenters. The molecular weight excluding hydrogens is 212 g/mol. The summed E-state index contributed by atoms with van der Waals surface area (Å²) >= 11 is 0. The van der Waals surface area contributed by atoms with Crippen molar-refractivity contribution in [2.24, 2.45) is 5.73 Å². The van der Waals surface area contributed by atoms with Gasteiger partial charge in [0.05, 0.1) is 6.04 Å². The first-order chi connectivity index (χ1) is 8.27. The Morgan fingerprint density at radius 1 is 1.35 bits per heavy atom. The van der Waals surface area contributed by atoms with Gasteiger partial charge >= 0.3 is 0 Å². The molecule has 1 aliphatic heterocycles. The van der Waals surface area contributed by atoms with Gasteiger partial charge in [0.25, 0.3) is 0 Å². The van der Waals surface area contributed by atoms with Crippen molar-refractivity contribution in [1.82, 2.24) is 4.90 Å². The fraction of sp³-hybridized carbons (Fsp3) is 0.429. The third kappa shape index (κ3) is 3.30. The Morgan fingerprint density at radius 2 is 2.12 bits per heavy atom. The van der Waals surface area contributed by atoms with E-state index in [2.05, 4.69) is 23.5 Å². The summed E-state index contributed by atoms with van der Waals surface area (Å²) in [6, 6.07) is 10.2. The number of hydrogen-bond acceptors (Lipinski definition) is 2. The van der Waals surface area contributed by atoms with Crippen molar-refractivity contribution in [2.45, 2.75) is 25.3 Å². The monoisotopic (exact) mass is 231 g/mol. The Kier molecular flexibility index (Phi) is 4.15. The molecular formula is C14H19N2O. The van der Waals surface area contributed by atoms with E-state index in [0.29, 0.717) is 0 Å². The molecule has 0 saturated carbocycles. The summed E-state index contributed by atoms with van der Waals surface area (Å²) in [5.41, 5.74) is 6.74. The lowest BCUT2D eigenvalue weighted by atomic mass is 10.0. The molecule has 3 nitrogen and oxygen atoms in total. The van der Waals surface area contributed by atoms with Crippen molar-refractivity contribution in [2.75, 3.05) is 13.1 Å². The zero-order valence-electron chi connectivity index (χ0n) is 10.0. The summed E-state index contributed by atoms with van der Waals surface area (Å²) in [5, 5.41) is 0. The number of primary amides is 1. The summed E-state index contributed by atoms with van der Waals surface area (Å²) < 4.78 is 0. The number of likely N-dealkylation sites (tertiary alicyclic amines) is 1. The van der Waals surface area contributed by atoms with Crippen LogP contribution in [0.25, 0.3) is 0 Å². The van der Waals surface area contributed by atoms with Crippen molar-refractivity contribution >= 4 is 5.91 Å². The van der Waals surface area contributed by atoms with Crippen LogP contribution in [0, 0.1) is 6.42 Å². The fourth-order valence-electron chi connectivity index (χ4n) is 2.32. The second kappa shape index (κ2) is 5.82. The van der Waals surface area contributed by atoms with Gasteiger partial charge in [0.1, 0.15) is 0 Å². The van der Waals surface area contributed by atoms with Crippen LogP contribution in [0.1, 0.15) is 18.4 Å². The average Bonchev–Trinajstić information content (AvgIpc) is 2.38. The molecule has 1 amide bonds. The van der Waals surface area contributed by atoms with Crippen LogP contribution in [0.3, 0.4) is 0 Å². The molecule has 2 N–H and O–H groups in total. The summed E-state index contributed by atoms with van der Waals surface area (Å²) in [6.45, 7) is 1.85. The zero-order chi connectivity index (χ0) is 12.1. The molecule has 0 bridgehead atoms. The van der Waals surface area contributed by atoms with Crippen molar-refractivity contribution < 1.29 is 4.79 Å². The number of carbonyl (C=O) groups is 1. The molecule has 1 aromatic carbocycles. The fourth-order valence-corrected chi connectivity index (χ4v) is 2.32. The Labute approximate surface area is 103 Å². The number of hydrogen-bond donors (Lipinski definition) is 1. The highest BCUT2D eigenvalue weighted by atomic mass is 16.1. The van der Waals surface area contributed by atoms with E-state index in [1.54, 1.807) is 0 Å². The maximum Gasteiger partial charge on any atom is 0.234 e. The van der Waals surface area contributed by atoms with E-state index in [0.717, 1.165) is 32.4 Å². The largest absolute Gasteiger partial charge is 0.368 e. The molecule has 17 heavy (non-hydrogen) atoms. The first kappa shape index (κ1) is 12.1. The summed E-state index contributed by atoms with van der Waals surface area (Å²) in [4.78, 5) is 13.5. The van der Waals surface area contributed by atoms with Gasteiger partial charge in [0.15, 0.2) is 0 Å². The molecule has 1 aliphatic rings. The van der Waals surface area contributed by atoms with Gasteiger partial charge in [0.2, 0.25) is 5.91 Å². The first-order valence-electron chi connectivity index (χ1n) is 6.16. The van der Waals surface area contributed by atoms with Crippen LogP contribution in [0.2, 0.25) is 0 Å². The molecule has 1 fully saturated rings. The van der Waals surface area contributed by atoms with Crippen LogP contribution in [-0.4, -0.2) is 29.9 Å². The summed E-state index contributed by atoms with van der Waals surface area (Å²) in [7, 11) is 0. The molecule has 2 rings (SSSR count). The highest BCUT2D eigenvalue weighted by molar-refractivity contribution is 5.80. The van der Waals surface area contributed by atoms with Crippen LogP contribution in [0.4, 0.5) is 0 Å². The van der Waals surface area contributed by atoms with Crippen LogP contribution in [-0.2, 0) is 11.2 Å². The van der Waals surface area contributed by atoms with Gasteiger partial charge < -0.3 is 5.73 Å². The normalized spacial score (nSPS) is 21.3. The van der Waals surface area contributed by atoms with Crippen molar-refractivity contribution in [3.63, 3.8) is 0 Å². The molecule has 0 aromatic heterocycles. The van der Waals surface area contributed by atoms with Crippen LogP contribution < -0.4 is 5.73 Å². The summed E-state index contributed by atoms with van der Waals surface area (Å²) in [5.74, 6) is -0.200. The SMILES string of the molecule is NC(=O)C1C[CH]CCN1CCc1ccccc1. The second-order valence-electron chi connectivity index (χ2n) is 4.50. The van der Waals surface area contributed by atoms with Crippen molar-refractivity contribution in [3.8, 4) is 0 Å². The maximum atomic E-state index is 11.3. The topological polar surface area (TPSA) is 46.3 Å². The molecule has 1 atom stereocenters. The maximum absolute atomic E-state index is 11.3. The number of rotatable bonds is 4. The minimum Gasteiger partial charge on any atom is -0.368 e. The predicted octanol–water partition coefficient (Wildman–Crippen LogP) is 1.38. The van der Waals surface area contributed by atoms with Gasteiger partial charge in [-0.25, -0.2) is 0 Å². The summed E-state index contributed by atoms with van der Waals surface area (Å²) in [6.07, 6.45) is 4.99. The quantitative estimate of drug-likeness (QED) is 0.851. The van der Waals surface area contributed by atoms with E-state index in [1.807, 2.05) is 18.2 Å². The Hall–Kier alpha value is -1.35. The Morgan fingerprint density at radius 3 is 2.82 bits per heavy atom. The van der Waals surface area contributed by atoms with Crippen LogP contribution in [0.5, 0.6) is 0 Å². The lowest BCUT2D eigenvalue weighted by Gasteiger charge is -2.33. The van der Waals surface area contributed by atoms with Gasteiger partial charge in [-0.15, -0.1) is 0 Å². The van der Waals surface area contributed by atoms with E-state index < -0.39 is 0 Å². The van der Waals surface area contributed by atoms with Gasteiger partial charge in [-0.2, -0.15) is 0 Å². The molecule has 1 heterocycles. The number of nitrogens with two attached hydrogens (primary N) is 1. The molecule has 3 heteroatoms. The van der Waals surface area contributed by atoms with E-state index >= 15 is 0 Å². The van der Waals surface area contributed by atoms with E-state index in [-0.39, 0.29) is 11.9 Å². The Balaban J connectivity index is 1.90.